The molecule has 4 heteroatoms. The zero-order chi connectivity index (χ0) is 13.4. The molecule has 0 spiro atoms. The molecule has 0 aliphatic rings. The van der Waals surface area contributed by atoms with Crippen LogP contribution in [0.15, 0.2) is 24.3 Å². The molecular formula is C14H20BrNO2. The van der Waals surface area contributed by atoms with E-state index in [1.165, 1.54) is 0 Å². The van der Waals surface area contributed by atoms with Crippen LogP contribution in [0, 0.1) is 0 Å². The highest BCUT2D eigenvalue weighted by molar-refractivity contribution is 9.09. The summed E-state index contributed by atoms with van der Waals surface area (Å²) in [7, 11) is 1.82. The predicted molar refractivity (Wildman–Crippen MR) is 77.1 cm³/mol. The van der Waals surface area contributed by atoms with Crippen LogP contribution in [0.25, 0.3) is 0 Å². The van der Waals surface area contributed by atoms with Gasteiger partial charge in [0.25, 0.3) is 0 Å². The Morgan fingerprint density at radius 3 is 2.78 bits per heavy atom. The van der Waals surface area contributed by atoms with Gasteiger partial charge in [-0.2, -0.15) is 0 Å². The molecule has 1 rings (SSSR count). The summed E-state index contributed by atoms with van der Waals surface area (Å²) in [5.41, 5.74) is 1.05. The molecule has 1 amide bonds. The van der Waals surface area contributed by atoms with E-state index in [0.717, 1.165) is 17.7 Å². The molecular weight excluding hydrogens is 294 g/mol. The summed E-state index contributed by atoms with van der Waals surface area (Å²) < 4.78 is 5.68. The van der Waals surface area contributed by atoms with Crippen LogP contribution >= 0.6 is 15.9 Å². The van der Waals surface area contributed by atoms with E-state index >= 15 is 0 Å². The van der Waals surface area contributed by atoms with Crippen LogP contribution in [0.3, 0.4) is 0 Å². The Bertz CT molecular complexity index is 382. The van der Waals surface area contributed by atoms with E-state index in [-0.39, 0.29) is 5.91 Å². The lowest BCUT2D eigenvalue weighted by Gasteiger charge is -2.19. The highest BCUT2D eigenvalue weighted by Crippen LogP contribution is 2.19. The highest BCUT2D eigenvalue weighted by Gasteiger charge is 2.11. The fourth-order valence-corrected chi connectivity index (χ4v) is 1.94. The molecule has 1 aromatic carbocycles. The summed E-state index contributed by atoms with van der Waals surface area (Å²) in [6, 6.07) is 7.88. The zero-order valence-corrected chi connectivity index (χ0v) is 12.6. The smallest absolute Gasteiger partial charge is 0.223 e. The maximum atomic E-state index is 11.7. The first-order valence-electron chi connectivity index (χ1n) is 6.19. The molecule has 0 fully saturated rings. The van der Waals surface area contributed by atoms with Crippen molar-refractivity contribution in [3.63, 3.8) is 0 Å². The number of alkyl halides is 1. The number of nitrogens with zero attached hydrogens (tertiary/aromatic N) is 1. The Labute approximate surface area is 117 Å². The van der Waals surface area contributed by atoms with Crippen molar-refractivity contribution < 1.29 is 9.53 Å². The number of benzene rings is 1. The van der Waals surface area contributed by atoms with Gasteiger partial charge in [0.2, 0.25) is 5.91 Å². The molecule has 18 heavy (non-hydrogen) atoms. The van der Waals surface area contributed by atoms with E-state index in [4.69, 9.17) is 4.74 Å². The summed E-state index contributed by atoms with van der Waals surface area (Å²) in [5.74, 6) is 1.01. The van der Waals surface area contributed by atoms with Crippen LogP contribution in [0.2, 0.25) is 0 Å². The molecule has 0 heterocycles. The summed E-state index contributed by atoms with van der Waals surface area (Å²) >= 11 is 3.28. The van der Waals surface area contributed by atoms with E-state index in [0.29, 0.717) is 24.9 Å². The average Bonchev–Trinajstić information content (AvgIpc) is 2.38. The van der Waals surface area contributed by atoms with Crippen molar-refractivity contribution in [3.8, 4) is 5.75 Å². The van der Waals surface area contributed by atoms with E-state index in [2.05, 4.69) is 22.9 Å². The number of para-hydroxylation sites is 1. The van der Waals surface area contributed by atoms with Gasteiger partial charge in [-0.25, -0.2) is 0 Å². The van der Waals surface area contributed by atoms with Crippen molar-refractivity contribution in [2.75, 3.05) is 19.0 Å². The largest absolute Gasteiger partial charge is 0.493 e. The van der Waals surface area contributed by atoms with Gasteiger partial charge in [0.15, 0.2) is 0 Å². The van der Waals surface area contributed by atoms with Crippen LogP contribution in [-0.2, 0) is 11.3 Å². The second kappa shape index (κ2) is 8.14. The van der Waals surface area contributed by atoms with Crippen LogP contribution in [-0.4, -0.2) is 29.8 Å². The Morgan fingerprint density at radius 1 is 1.39 bits per heavy atom. The Morgan fingerprint density at radius 2 is 2.11 bits per heavy atom. The lowest BCUT2D eigenvalue weighted by Crippen LogP contribution is -2.26. The SMILES string of the molecule is CCCOc1ccccc1CN(C)C(=O)CCBr. The maximum absolute atomic E-state index is 11.7. The first kappa shape index (κ1) is 15.0. The van der Waals surface area contributed by atoms with E-state index < -0.39 is 0 Å². The molecule has 0 atom stereocenters. The summed E-state index contributed by atoms with van der Waals surface area (Å²) in [6.07, 6.45) is 1.50. The third-order valence-corrected chi connectivity index (χ3v) is 2.97. The van der Waals surface area contributed by atoms with Crippen molar-refractivity contribution >= 4 is 21.8 Å². The molecule has 1 aromatic rings. The first-order chi connectivity index (χ1) is 8.69. The number of ether oxygens (including phenoxy) is 1. The van der Waals surface area contributed by atoms with E-state index in [9.17, 15) is 4.79 Å². The van der Waals surface area contributed by atoms with Gasteiger partial charge in [0.05, 0.1) is 6.61 Å². The lowest BCUT2D eigenvalue weighted by atomic mass is 10.2. The summed E-state index contributed by atoms with van der Waals surface area (Å²) in [5, 5.41) is 0.699. The minimum Gasteiger partial charge on any atom is -0.493 e. The topological polar surface area (TPSA) is 29.5 Å². The molecule has 0 saturated heterocycles. The number of amides is 1. The summed E-state index contributed by atoms with van der Waals surface area (Å²) in [4.78, 5) is 13.5. The standard InChI is InChI=1S/C14H20BrNO2/c1-3-10-18-13-7-5-4-6-12(13)11-16(2)14(17)8-9-15/h4-7H,3,8-11H2,1-2H3. The number of carbonyl (C=O) groups is 1. The molecule has 3 nitrogen and oxygen atoms in total. The van der Waals surface area contributed by atoms with Crippen molar-refractivity contribution in [1.82, 2.24) is 4.90 Å². The van der Waals surface area contributed by atoms with Crippen LogP contribution in [0.1, 0.15) is 25.3 Å². The molecule has 0 unspecified atom stereocenters. The Kier molecular flexibility index (Phi) is 6.80. The van der Waals surface area contributed by atoms with Crippen LogP contribution in [0.4, 0.5) is 0 Å². The Hall–Kier alpha value is -1.03. The fraction of sp³-hybridized carbons (Fsp3) is 0.500. The van der Waals surface area contributed by atoms with Gasteiger partial charge in [0, 0.05) is 30.9 Å². The predicted octanol–water partition coefficient (Wildman–Crippen LogP) is 3.22. The van der Waals surface area contributed by atoms with Gasteiger partial charge in [0.1, 0.15) is 5.75 Å². The number of halogens is 1. The second-order valence-electron chi connectivity index (χ2n) is 4.14. The third-order valence-electron chi connectivity index (χ3n) is 2.58. The van der Waals surface area contributed by atoms with Gasteiger partial charge in [-0.05, 0) is 12.5 Å². The number of rotatable bonds is 7. The number of hydrogen-bond acceptors (Lipinski definition) is 2. The second-order valence-corrected chi connectivity index (χ2v) is 4.94. The van der Waals surface area contributed by atoms with Gasteiger partial charge < -0.3 is 9.64 Å². The molecule has 0 bridgehead atoms. The average molecular weight is 314 g/mol. The quantitative estimate of drug-likeness (QED) is 0.723. The molecule has 0 radical (unpaired) electrons. The number of carbonyl (C=O) groups excluding carboxylic acids is 1. The molecule has 0 saturated carbocycles. The molecule has 0 aliphatic carbocycles. The highest BCUT2D eigenvalue weighted by atomic mass is 79.9. The van der Waals surface area contributed by atoms with Crippen molar-refractivity contribution in [2.45, 2.75) is 26.3 Å². The molecule has 100 valence electrons. The summed E-state index contributed by atoms with van der Waals surface area (Å²) in [6.45, 7) is 3.37. The minimum atomic E-state index is 0.136. The van der Waals surface area contributed by atoms with Gasteiger partial charge >= 0.3 is 0 Å². The third kappa shape index (κ3) is 4.69. The van der Waals surface area contributed by atoms with Crippen molar-refractivity contribution in [2.24, 2.45) is 0 Å². The maximum Gasteiger partial charge on any atom is 0.223 e. The molecule has 0 aromatic heterocycles. The Balaban J connectivity index is 2.68. The number of hydrogen-bond donors (Lipinski definition) is 0. The van der Waals surface area contributed by atoms with Crippen LogP contribution < -0.4 is 4.74 Å². The minimum absolute atomic E-state index is 0.136. The van der Waals surface area contributed by atoms with Gasteiger partial charge in [-0.1, -0.05) is 41.1 Å². The monoisotopic (exact) mass is 313 g/mol. The van der Waals surface area contributed by atoms with Crippen molar-refractivity contribution in [1.29, 1.82) is 0 Å². The zero-order valence-electron chi connectivity index (χ0n) is 11.0. The lowest BCUT2D eigenvalue weighted by molar-refractivity contribution is -0.129. The van der Waals surface area contributed by atoms with Crippen LogP contribution in [0.5, 0.6) is 5.75 Å². The fourth-order valence-electron chi connectivity index (χ4n) is 1.60. The van der Waals surface area contributed by atoms with Gasteiger partial charge in [-0.3, -0.25) is 4.79 Å². The molecule has 0 aliphatic heterocycles. The first-order valence-corrected chi connectivity index (χ1v) is 7.31. The normalized spacial score (nSPS) is 10.2. The molecule has 0 N–H and O–H groups in total. The van der Waals surface area contributed by atoms with E-state index in [1.54, 1.807) is 4.90 Å². The van der Waals surface area contributed by atoms with Gasteiger partial charge in [-0.15, -0.1) is 0 Å². The van der Waals surface area contributed by atoms with Crippen molar-refractivity contribution in [3.05, 3.63) is 29.8 Å². The van der Waals surface area contributed by atoms with E-state index in [1.807, 2.05) is 31.3 Å².